The van der Waals surface area contributed by atoms with Gasteiger partial charge in [-0.05, 0) is 25.8 Å². The molecule has 1 aromatic rings. The predicted molar refractivity (Wildman–Crippen MR) is 103 cm³/mol. The van der Waals surface area contributed by atoms with Gasteiger partial charge in [-0.1, -0.05) is 0 Å². The quantitative estimate of drug-likeness (QED) is 0.185. The summed E-state index contributed by atoms with van der Waals surface area (Å²) in [7, 11) is 0. The van der Waals surface area contributed by atoms with Gasteiger partial charge in [0.25, 0.3) is 5.97 Å². The van der Waals surface area contributed by atoms with Crippen molar-refractivity contribution in [1.82, 2.24) is 20.6 Å². The molecule has 1 aromatic heterocycles. The molecule has 0 radical (unpaired) electrons. The summed E-state index contributed by atoms with van der Waals surface area (Å²) in [5.74, 6) is -3.07. The van der Waals surface area contributed by atoms with Gasteiger partial charge in [-0.3, -0.25) is 14.4 Å². The van der Waals surface area contributed by atoms with Gasteiger partial charge in [-0.15, -0.1) is 0 Å². The van der Waals surface area contributed by atoms with Crippen LogP contribution in [0.25, 0.3) is 0 Å². The number of carbonyl (C=O) groups excluding carboxylic acids is 2. The van der Waals surface area contributed by atoms with Gasteiger partial charge in [-0.25, -0.2) is 9.78 Å². The molecule has 0 aliphatic rings. The molecule has 0 saturated heterocycles. The zero-order chi connectivity index (χ0) is 21.5. The number of hydrogen-bond acceptors (Lipinski definition) is 7. The monoisotopic (exact) mass is 418 g/mol. The lowest BCUT2D eigenvalue weighted by Gasteiger charge is -2.21. The number of H-pyrrole nitrogens is 1. The van der Waals surface area contributed by atoms with Crippen LogP contribution in [0.2, 0.25) is 0 Å². The maximum atomic E-state index is 12.4. The van der Waals surface area contributed by atoms with E-state index in [2.05, 4.69) is 20.6 Å². The molecular weight excluding hydrogens is 388 g/mol. The first kappa shape index (κ1) is 28.2. The van der Waals surface area contributed by atoms with E-state index in [0.29, 0.717) is 25.1 Å². The number of imidazole rings is 1. The summed E-state index contributed by atoms with van der Waals surface area (Å²) in [5.41, 5.74) is 11.3. The van der Waals surface area contributed by atoms with Crippen LogP contribution in [-0.2, 0) is 25.6 Å². The van der Waals surface area contributed by atoms with E-state index in [9.17, 15) is 19.5 Å². The Hall–Kier alpha value is -3.03. The summed E-state index contributed by atoms with van der Waals surface area (Å²) < 4.78 is 0. The number of carbonyl (C=O) groups is 4. The molecule has 0 unspecified atom stereocenters. The first-order valence-corrected chi connectivity index (χ1v) is 8.60. The number of nitrogens with one attached hydrogen (secondary N) is 3. The number of rotatable bonds is 11. The second kappa shape index (κ2) is 16.0. The second-order valence-corrected chi connectivity index (χ2v) is 5.81. The smallest absolute Gasteiger partial charge is 0.326 e. The lowest BCUT2D eigenvalue weighted by Crippen LogP contribution is -2.53. The number of carboxylic acid groups (broad SMARTS) is 2. The minimum atomic E-state index is -1.13. The van der Waals surface area contributed by atoms with Gasteiger partial charge in [-0.2, -0.15) is 0 Å². The van der Waals surface area contributed by atoms with Crippen LogP contribution >= 0.6 is 0 Å². The van der Waals surface area contributed by atoms with Crippen molar-refractivity contribution in [3.63, 3.8) is 0 Å². The number of nitrogens with zero attached hydrogens (tertiary/aromatic N) is 1. The number of aromatic amines is 1. The van der Waals surface area contributed by atoms with Crippen molar-refractivity contribution in [1.29, 1.82) is 0 Å². The zero-order valence-corrected chi connectivity index (χ0v) is 16.2. The van der Waals surface area contributed by atoms with Crippen molar-refractivity contribution in [3.8, 4) is 0 Å². The molecule has 11 N–H and O–H groups in total. The molecule has 0 spiro atoms. The Morgan fingerprint density at radius 1 is 1.14 bits per heavy atom. The number of aromatic nitrogens is 2. The van der Waals surface area contributed by atoms with Crippen molar-refractivity contribution in [3.05, 3.63) is 18.2 Å². The molecule has 0 aliphatic carbocycles. The highest BCUT2D eigenvalue weighted by Gasteiger charge is 2.26. The summed E-state index contributed by atoms with van der Waals surface area (Å²) in [6.07, 6.45) is 4.62. The molecule has 29 heavy (non-hydrogen) atoms. The molecular formula is C16H30N6O7. The van der Waals surface area contributed by atoms with Crippen LogP contribution in [0, 0.1) is 0 Å². The van der Waals surface area contributed by atoms with Crippen molar-refractivity contribution in [2.24, 2.45) is 11.5 Å². The Labute approximate surface area is 167 Å². The summed E-state index contributed by atoms with van der Waals surface area (Å²) in [6, 6.07) is -1.99. The minimum Gasteiger partial charge on any atom is -0.481 e. The summed E-state index contributed by atoms with van der Waals surface area (Å²) in [5, 5.41) is 21.6. The molecule has 0 fully saturated rings. The van der Waals surface area contributed by atoms with Crippen LogP contribution in [-0.4, -0.2) is 74.6 Å². The number of carboxylic acids is 2. The fraction of sp³-hybridized carbons (Fsp3) is 0.562. The Bertz CT molecular complexity index is 619. The molecule has 166 valence electrons. The third kappa shape index (κ3) is 13.7. The van der Waals surface area contributed by atoms with Crippen molar-refractivity contribution >= 4 is 23.8 Å². The molecule has 1 heterocycles. The highest BCUT2D eigenvalue weighted by Crippen LogP contribution is 2.04. The minimum absolute atomic E-state index is 0. The van der Waals surface area contributed by atoms with Gasteiger partial charge < -0.3 is 42.8 Å². The number of aliphatic carboxylic acids is 2. The first-order valence-electron chi connectivity index (χ1n) is 8.60. The van der Waals surface area contributed by atoms with Crippen molar-refractivity contribution in [2.75, 3.05) is 13.1 Å². The van der Waals surface area contributed by atoms with E-state index in [0.717, 1.165) is 6.92 Å². The molecule has 0 aromatic carbocycles. The Morgan fingerprint density at radius 2 is 1.76 bits per heavy atom. The van der Waals surface area contributed by atoms with Crippen LogP contribution in [0.4, 0.5) is 0 Å². The summed E-state index contributed by atoms with van der Waals surface area (Å²) in [6.45, 7) is 1.26. The maximum Gasteiger partial charge on any atom is 0.326 e. The van der Waals surface area contributed by atoms with Gasteiger partial charge in [0.1, 0.15) is 12.1 Å². The molecule has 13 heteroatoms. The Kier molecular flexibility index (Phi) is 15.5. The summed E-state index contributed by atoms with van der Waals surface area (Å²) >= 11 is 0. The summed E-state index contributed by atoms with van der Waals surface area (Å²) in [4.78, 5) is 50.8. The molecule has 13 nitrogen and oxygen atoms in total. The van der Waals surface area contributed by atoms with E-state index in [1.807, 2.05) is 0 Å². The van der Waals surface area contributed by atoms with Crippen LogP contribution in [0.3, 0.4) is 0 Å². The fourth-order valence-electron chi connectivity index (χ4n) is 2.10. The van der Waals surface area contributed by atoms with E-state index in [1.54, 1.807) is 0 Å². The van der Waals surface area contributed by atoms with Crippen LogP contribution in [0.15, 0.2) is 12.5 Å². The molecule has 0 saturated carbocycles. The molecule has 0 aliphatic heterocycles. The highest BCUT2D eigenvalue weighted by molar-refractivity contribution is 5.90. The lowest BCUT2D eigenvalue weighted by molar-refractivity contribution is -0.142. The van der Waals surface area contributed by atoms with E-state index < -0.39 is 35.8 Å². The third-order valence-corrected chi connectivity index (χ3v) is 3.38. The largest absolute Gasteiger partial charge is 0.481 e. The predicted octanol–water partition coefficient (Wildman–Crippen LogP) is -2.64. The van der Waals surface area contributed by atoms with Crippen LogP contribution in [0.1, 0.15) is 31.9 Å². The first-order chi connectivity index (χ1) is 13.2. The van der Waals surface area contributed by atoms with Gasteiger partial charge in [0, 0.05) is 25.2 Å². The highest BCUT2D eigenvalue weighted by atomic mass is 16.4. The van der Waals surface area contributed by atoms with Gasteiger partial charge in [0.15, 0.2) is 0 Å². The van der Waals surface area contributed by atoms with Crippen molar-refractivity contribution < 1.29 is 34.9 Å². The van der Waals surface area contributed by atoms with Crippen LogP contribution in [0.5, 0.6) is 0 Å². The maximum absolute atomic E-state index is 12.4. The molecule has 2 amide bonds. The van der Waals surface area contributed by atoms with E-state index in [1.165, 1.54) is 12.5 Å². The molecule has 0 bridgehead atoms. The lowest BCUT2D eigenvalue weighted by atomic mass is 10.1. The third-order valence-electron chi connectivity index (χ3n) is 3.38. The normalized spacial score (nSPS) is 11.7. The van der Waals surface area contributed by atoms with E-state index in [-0.39, 0.29) is 24.9 Å². The Balaban J connectivity index is 0. The second-order valence-electron chi connectivity index (χ2n) is 5.81. The van der Waals surface area contributed by atoms with Crippen molar-refractivity contribution in [2.45, 2.75) is 44.7 Å². The number of unbranched alkanes of at least 4 members (excludes halogenated alkanes) is 1. The molecule has 2 atom stereocenters. The number of nitrogens with two attached hydrogens (primary N) is 2. The topological polar surface area (TPSA) is 245 Å². The Morgan fingerprint density at radius 3 is 2.21 bits per heavy atom. The average Bonchev–Trinajstić information content (AvgIpc) is 3.12. The van der Waals surface area contributed by atoms with E-state index in [4.69, 9.17) is 21.4 Å². The number of amides is 2. The van der Waals surface area contributed by atoms with Crippen LogP contribution < -0.4 is 22.1 Å². The SMILES string of the molecule is CC(=O)O.NCCCC[C@H](NC(=O)[C@H](Cc1cnc[nH]1)NC(=O)CN)C(=O)O.O. The molecule has 1 rings (SSSR count). The average molecular weight is 418 g/mol. The van der Waals surface area contributed by atoms with Gasteiger partial charge in [0.2, 0.25) is 11.8 Å². The van der Waals surface area contributed by atoms with Gasteiger partial charge in [0.05, 0.1) is 12.9 Å². The fourth-order valence-corrected chi connectivity index (χ4v) is 2.10. The van der Waals surface area contributed by atoms with E-state index >= 15 is 0 Å². The van der Waals surface area contributed by atoms with Gasteiger partial charge >= 0.3 is 5.97 Å². The number of hydrogen-bond donors (Lipinski definition) is 7. The zero-order valence-electron chi connectivity index (χ0n) is 16.2. The standard InChI is InChI=1S/C14H24N6O4.C2H4O2.H2O/c15-4-2-1-3-10(14(23)24)20-13(22)11(19-12(21)6-16)5-9-7-17-8-18-9;1-2(3)4;/h7-8,10-11H,1-6,15-16H2,(H,17,18)(H,19,21)(H,20,22)(H,23,24);1H3,(H,3,4);1H2/t10-,11-;;/m0../s1.